The number of aromatic nitrogens is 1. The average molecular weight is 258 g/mol. The van der Waals surface area contributed by atoms with Crippen molar-refractivity contribution in [2.75, 3.05) is 6.61 Å². The quantitative estimate of drug-likeness (QED) is 0.364. The van der Waals surface area contributed by atoms with Crippen molar-refractivity contribution in [3.05, 3.63) is 58.8 Å². The molecule has 0 N–H and O–H groups in total. The second-order valence-electron chi connectivity index (χ2n) is 3.71. The summed E-state index contributed by atoms with van der Waals surface area (Å²) in [6.45, 7) is 3.47. The lowest BCUT2D eigenvalue weighted by atomic mass is 10.1. The molecule has 2 rings (SSSR count). The monoisotopic (exact) mass is 258 g/mol. The topological polar surface area (TPSA) is 82.3 Å². The molecule has 0 aliphatic carbocycles. The lowest BCUT2D eigenvalue weighted by molar-refractivity contribution is -0.383. The molecule has 0 unspecified atom stereocenters. The zero-order chi connectivity index (χ0) is 13.8. The van der Waals surface area contributed by atoms with E-state index in [4.69, 9.17) is 4.74 Å². The Morgan fingerprint density at radius 2 is 2.32 bits per heavy atom. The summed E-state index contributed by atoms with van der Waals surface area (Å²) in [7, 11) is 0. The normalized spacial score (nSPS) is 10.1. The maximum atomic E-state index is 11.7. The molecule has 19 heavy (non-hydrogen) atoms. The zero-order valence-corrected chi connectivity index (χ0v) is 9.91. The molecule has 2 aromatic rings. The van der Waals surface area contributed by atoms with Gasteiger partial charge in [0.05, 0.1) is 21.4 Å². The van der Waals surface area contributed by atoms with E-state index in [1.165, 1.54) is 24.4 Å². The van der Waals surface area contributed by atoms with Crippen molar-refractivity contribution in [2.45, 2.75) is 0 Å². The summed E-state index contributed by atoms with van der Waals surface area (Å²) >= 11 is 0. The van der Waals surface area contributed by atoms with E-state index in [2.05, 4.69) is 11.6 Å². The molecular weight excluding hydrogens is 248 g/mol. The summed E-state index contributed by atoms with van der Waals surface area (Å²) in [4.78, 5) is 26.2. The standard InChI is InChI=1S/C13H10N2O4/c1-2-6-19-13(16)9-7-11-10(4-3-5-14-11)12(8-9)15(17)18/h2-5,7-8H,1,6H2. The van der Waals surface area contributed by atoms with Crippen LogP contribution in [0.4, 0.5) is 5.69 Å². The van der Waals surface area contributed by atoms with Gasteiger partial charge in [0.25, 0.3) is 5.69 Å². The second kappa shape index (κ2) is 5.26. The Hall–Kier alpha value is -2.76. The fourth-order valence-corrected chi connectivity index (χ4v) is 1.65. The first-order valence-corrected chi connectivity index (χ1v) is 5.44. The van der Waals surface area contributed by atoms with Crippen LogP contribution >= 0.6 is 0 Å². The molecule has 0 spiro atoms. The Labute approximate surface area is 108 Å². The van der Waals surface area contributed by atoms with Gasteiger partial charge in [0.2, 0.25) is 0 Å². The number of carbonyl (C=O) groups excluding carboxylic acids is 1. The first-order valence-electron chi connectivity index (χ1n) is 5.44. The minimum Gasteiger partial charge on any atom is -0.458 e. The summed E-state index contributed by atoms with van der Waals surface area (Å²) in [6, 6.07) is 5.84. The van der Waals surface area contributed by atoms with Crippen molar-refractivity contribution in [3.8, 4) is 0 Å². The van der Waals surface area contributed by atoms with Crippen molar-refractivity contribution in [3.63, 3.8) is 0 Å². The molecule has 0 atom stereocenters. The van der Waals surface area contributed by atoms with E-state index in [-0.39, 0.29) is 17.9 Å². The Morgan fingerprint density at radius 1 is 1.53 bits per heavy atom. The zero-order valence-electron chi connectivity index (χ0n) is 9.91. The smallest absolute Gasteiger partial charge is 0.338 e. The van der Waals surface area contributed by atoms with Gasteiger partial charge in [0.15, 0.2) is 0 Å². The van der Waals surface area contributed by atoms with Gasteiger partial charge in [-0.05, 0) is 18.2 Å². The third-order valence-corrected chi connectivity index (χ3v) is 2.46. The number of esters is 1. The maximum Gasteiger partial charge on any atom is 0.338 e. The van der Waals surface area contributed by atoms with Crippen LogP contribution in [0, 0.1) is 10.1 Å². The lowest BCUT2D eigenvalue weighted by Gasteiger charge is -2.04. The van der Waals surface area contributed by atoms with Crippen LogP contribution in [0.3, 0.4) is 0 Å². The van der Waals surface area contributed by atoms with Crippen LogP contribution in [0.5, 0.6) is 0 Å². The molecule has 0 radical (unpaired) electrons. The summed E-state index contributed by atoms with van der Waals surface area (Å²) < 4.78 is 4.85. The Kier molecular flexibility index (Phi) is 3.51. The van der Waals surface area contributed by atoms with Gasteiger partial charge in [0, 0.05) is 12.3 Å². The van der Waals surface area contributed by atoms with Crippen molar-refractivity contribution in [2.24, 2.45) is 0 Å². The molecule has 6 heteroatoms. The van der Waals surface area contributed by atoms with Gasteiger partial charge in [0.1, 0.15) is 6.61 Å². The minimum atomic E-state index is -0.643. The highest BCUT2D eigenvalue weighted by molar-refractivity contribution is 5.98. The average Bonchev–Trinajstić information content (AvgIpc) is 2.43. The van der Waals surface area contributed by atoms with Crippen molar-refractivity contribution < 1.29 is 14.5 Å². The molecule has 0 saturated heterocycles. The summed E-state index contributed by atoms with van der Waals surface area (Å²) in [5.41, 5.74) is 0.304. The number of ether oxygens (including phenoxy) is 1. The lowest BCUT2D eigenvalue weighted by Crippen LogP contribution is -2.06. The van der Waals surface area contributed by atoms with Crippen LogP contribution in [0.1, 0.15) is 10.4 Å². The third-order valence-electron chi connectivity index (χ3n) is 2.46. The summed E-state index contributed by atoms with van der Waals surface area (Å²) in [6.07, 6.45) is 2.93. The van der Waals surface area contributed by atoms with Gasteiger partial charge in [-0.1, -0.05) is 12.7 Å². The van der Waals surface area contributed by atoms with Crippen molar-refractivity contribution >= 4 is 22.6 Å². The van der Waals surface area contributed by atoms with E-state index < -0.39 is 10.9 Å². The molecule has 1 aromatic heterocycles. The van der Waals surface area contributed by atoms with E-state index in [0.717, 1.165) is 0 Å². The molecular formula is C13H10N2O4. The number of carbonyl (C=O) groups is 1. The van der Waals surface area contributed by atoms with Crippen LogP contribution in [-0.2, 0) is 4.74 Å². The molecule has 0 bridgehead atoms. The number of hydrogen-bond donors (Lipinski definition) is 0. The number of hydrogen-bond acceptors (Lipinski definition) is 5. The van der Waals surface area contributed by atoms with Crippen molar-refractivity contribution in [1.29, 1.82) is 0 Å². The molecule has 6 nitrogen and oxygen atoms in total. The van der Waals surface area contributed by atoms with Crippen LogP contribution in [0.2, 0.25) is 0 Å². The van der Waals surface area contributed by atoms with Gasteiger partial charge in [-0.2, -0.15) is 0 Å². The molecule has 0 fully saturated rings. The fourth-order valence-electron chi connectivity index (χ4n) is 1.65. The number of nitro benzene ring substituents is 1. The van der Waals surface area contributed by atoms with Crippen molar-refractivity contribution in [1.82, 2.24) is 4.98 Å². The highest BCUT2D eigenvalue weighted by atomic mass is 16.6. The molecule has 1 heterocycles. The van der Waals surface area contributed by atoms with E-state index in [1.807, 2.05) is 0 Å². The van der Waals surface area contributed by atoms with Crippen LogP contribution in [0.25, 0.3) is 10.9 Å². The predicted octanol–water partition coefficient (Wildman–Crippen LogP) is 2.49. The number of pyridine rings is 1. The summed E-state index contributed by atoms with van der Waals surface area (Å²) in [5, 5.41) is 11.4. The molecule has 96 valence electrons. The minimum absolute atomic E-state index is 0.0485. The predicted molar refractivity (Wildman–Crippen MR) is 68.9 cm³/mol. The third kappa shape index (κ3) is 2.57. The van der Waals surface area contributed by atoms with E-state index in [1.54, 1.807) is 12.1 Å². The molecule has 0 saturated carbocycles. The highest BCUT2D eigenvalue weighted by Gasteiger charge is 2.18. The van der Waals surface area contributed by atoms with Crippen LogP contribution in [0.15, 0.2) is 43.1 Å². The molecule has 0 aliphatic heterocycles. The number of nitrogens with zero attached hydrogens (tertiary/aromatic N) is 2. The first kappa shape index (κ1) is 12.7. The van der Waals surface area contributed by atoms with Crippen LogP contribution in [-0.4, -0.2) is 22.5 Å². The molecule has 0 aliphatic rings. The number of nitro groups is 1. The maximum absolute atomic E-state index is 11.7. The van der Waals surface area contributed by atoms with E-state index in [9.17, 15) is 14.9 Å². The fraction of sp³-hybridized carbons (Fsp3) is 0.0769. The SMILES string of the molecule is C=CCOC(=O)c1cc([N+](=O)[O-])c2cccnc2c1. The van der Waals surface area contributed by atoms with E-state index in [0.29, 0.717) is 10.9 Å². The number of rotatable bonds is 4. The van der Waals surface area contributed by atoms with Gasteiger partial charge in [-0.25, -0.2) is 4.79 Å². The van der Waals surface area contributed by atoms with Gasteiger partial charge >= 0.3 is 5.97 Å². The first-order chi connectivity index (χ1) is 9.13. The number of non-ortho nitro benzene ring substituents is 1. The highest BCUT2D eigenvalue weighted by Crippen LogP contribution is 2.26. The molecule has 0 amide bonds. The largest absolute Gasteiger partial charge is 0.458 e. The van der Waals surface area contributed by atoms with Gasteiger partial charge in [-0.3, -0.25) is 15.1 Å². The second-order valence-corrected chi connectivity index (χ2v) is 3.71. The Morgan fingerprint density at radius 3 is 3.00 bits per heavy atom. The van der Waals surface area contributed by atoms with E-state index >= 15 is 0 Å². The molecule has 1 aromatic carbocycles. The Balaban J connectivity index is 2.55. The van der Waals surface area contributed by atoms with Gasteiger partial charge < -0.3 is 4.74 Å². The van der Waals surface area contributed by atoms with Gasteiger partial charge in [-0.15, -0.1) is 0 Å². The summed E-state index contributed by atoms with van der Waals surface area (Å²) in [5.74, 6) is -0.643. The Bertz CT molecular complexity index is 667. The van der Waals surface area contributed by atoms with Crippen LogP contribution < -0.4 is 0 Å². The number of benzene rings is 1. The number of fused-ring (bicyclic) bond motifs is 1.